The van der Waals surface area contributed by atoms with Gasteiger partial charge >= 0.3 is 0 Å². The molecule has 0 saturated carbocycles. The van der Waals surface area contributed by atoms with Crippen LogP contribution < -0.4 is 15.2 Å². The number of nitrogens with zero attached hydrogens (tertiary/aromatic N) is 1. The van der Waals surface area contributed by atoms with Crippen molar-refractivity contribution in [3.63, 3.8) is 0 Å². The number of rotatable bonds is 4. The van der Waals surface area contributed by atoms with Gasteiger partial charge in [-0.2, -0.15) is 4.98 Å². The molecule has 2 N–H and O–H groups in total. The van der Waals surface area contributed by atoms with E-state index in [4.69, 9.17) is 15.2 Å². The quantitative estimate of drug-likeness (QED) is 0.877. The van der Waals surface area contributed by atoms with Crippen LogP contribution in [0.25, 0.3) is 0 Å². The monoisotopic (exact) mass is 230 g/mol. The summed E-state index contributed by atoms with van der Waals surface area (Å²) in [6.45, 7) is 2.60. The number of benzene rings is 1. The highest BCUT2D eigenvalue weighted by molar-refractivity contribution is 5.36. The highest BCUT2D eigenvalue weighted by Gasteiger charge is 1.99. The molecule has 0 bridgehead atoms. The van der Waals surface area contributed by atoms with Crippen molar-refractivity contribution >= 4 is 5.82 Å². The average molecular weight is 230 g/mol. The molecule has 0 atom stereocenters. The Kier molecular flexibility index (Phi) is 3.45. The second kappa shape index (κ2) is 5.21. The van der Waals surface area contributed by atoms with Gasteiger partial charge in [0.2, 0.25) is 5.88 Å². The lowest BCUT2D eigenvalue weighted by Gasteiger charge is -2.06. The van der Waals surface area contributed by atoms with Crippen LogP contribution in [0.4, 0.5) is 5.82 Å². The Balaban J connectivity index is 2.08. The van der Waals surface area contributed by atoms with Crippen LogP contribution in [-0.4, -0.2) is 11.6 Å². The second-order valence-corrected chi connectivity index (χ2v) is 3.41. The fourth-order valence-electron chi connectivity index (χ4n) is 1.38. The number of hydrogen-bond acceptors (Lipinski definition) is 4. The van der Waals surface area contributed by atoms with Gasteiger partial charge in [0.05, 0.1) is 6.61 Å². The van der Waals surface area contributed by atoms with Gasteiger partial charge in [-0.25, -0.2) is 0 Å². The highest BCUT2D eigenvalue weighted by atomic mass is 16.5. The molecule has 1 aromatic heterocycles. The van der Waals surface area contributed by atoms with Crippen molar-refractivity contribution in [2.24, 2.45) is 0 Å². The molecule has 0 amide bonds. The van der Waals surface area contributed by atoms with Gasteiger partial charge in [0.15, 0.2) is 0 Å². The van der Waals surface area contributed by atoms with E-state index in [-0.39, 0.29) is 0 Å². The van der Waals surface area contributed by atoms with Crippen LogP contribution in [0.2, 0.25) is 0 Å². The molecule has 0 aliphatic rings. The number of hydrogen-bond donors (Lipinski definition) is 1. The molecular weight excluding hydrogens is 216 g/mol. The third kappa shape index (κ3) is 3.11. The fraction of sp³-hybridized carbons (Fsp3) is 0.154. The first kappa shape index (κ1) is 11.3. The van der Waals surface area contributed by atoms with Crippen LogP contribution in [0, 0.1) is 0 Å². The van der Waals surface area contributed by atoms with Crippen molar-refractivity contribution < 1.29 is 9.47 Å². The van der Waals surface area contributed by atoms with Crippen LogP contribution in [-0.2, 0) is 0 Å². The predicted molar refractivity (Wildman–Crippen MR) is 66.3 cm³/mol. The molecule has 0 unspecified atom stereocenters. The first-order valence-electron chi connectivity index (χ1n) is 5.41. The Labute approximate surface area is 100 Å². The van der Waals surface area contributed by atoms with Crippen molar-refractivity contribution in [3.05, 3.63) is 42.5 Å². The van der Waals surface area contributed by atoms with Gasteiger partial charge in [0, 0.05) is 6.07 Å². The van der Waals surface area contributed by atoms with Gasteiger partial charge in [-0.05, 0) is 37.3 Å². The zero-order valence-electron chi connectivity index (χ0n) is 9.59. The van der Waals surface area contributed by atoms with Crippen molar-refractivity contribution in [2.75, 3.05) is 12.3 Å². The third-order valence-electron chi connectivity index (χ3n) is 2.10. The molecule has 0 aliphatic heterocycles. The Morgan fingerprint density at radius 1 is 1.06 bits per heavy atom. The van der Waals surface area contributed by atoms with Gasteiger partial charge in [0.1, 0.15) is 17.3 Å². The minimum Gasteiger partial charge on any atom is -0.494 e. The third-order valence-corrected chi connectivity index (χ3v) is 2.10. The number of ether oxygens (including phenoxy) is 2. The topological polar surface area (TPSA) is 57.4 Å². The summed E-state index contributed by atoms with van der Waals surface area (Å²) in [5, 5.41) is 0. The second-order valence-electron chi connectivity index (χ2n) is 3.41. The van der Waals surface area contributed by atoms with Gasteiger partial charge < -0.3 is 15.2 Å². The molecule has 0 aliphatic carbocycles. The van der Waals surface area contributed by atoms with E-state index in [1.54, 1.807) is 18.2 Å². The summed E-state index contributed by atoms with van der Waals surface area (Å²) < 4.78 is 10.9. The molecule has 88 valence electrons. The number of nitrogen functional groups attached to an aromatic ring is 1. The zero-order valence-corrected chi connectivity index (χ0v) is 9.59. The van der Waals surface area contributed by atoms with Crippen molar-refractivity contribution in [1.29, 1.82) is 0 Å². The molecule has 0 radical (unpaired) electrons. The predicted octanol–water partition coefficient (Wildman–Crippen LogP) is 2.85. The zero-order chi connectivity index (χ0) is 12.1. The summed E-state index contributed by atoms with van der Waals surface area (Å²) in [4.78, 5) is 4.05. The normalized spacial score (nSPS) is 9.94. The van der Waals surface area contributed by atoms with Crippen LogP contribution in [0.1, 0.15) is 6.92 Å². The van der Waals surface area contributed by atoms with E-state index in [1.165, 1.54) is 0 Å². The molecule has 1 aromatic carbocycles. The summed E-state index contributed by atoms with van der Waals surface area (Å²) in [6.07, 6.45) is 0. The highest BCUT2D eigenvalue weighted by Crippen LogP contribution is 2.22. The van der Waals surface area contributed by atoms with E-state index in [0.29, 0.717) is 24.1 Å². The van der Waals surface area contributed by atoms with E-state index < -0.39 is 0 Å². The van der Waals surface area contributed by atoms with Gasteiger partial charge in [0.25, 0.3) is 0 Å². The number of anilines is 1. The van der Waals surface area contributed by atoms with Gasteiger partial charge in [-0.3, -0.25) is 0 Å². The van der Waals surface area contributed by atoms with E-state index in [2.05, 4.69) is 4.98 Å². The molecule has 4 heteroatoms. The number of nitrogens with two attached hydrogens (primary N) is 1. The molecule has 17 heavy (non-hydrogen) atoms. The molecule has 0 fully saturated rings. The summed E-state index contributed by atoms with van der Waals surface area (Å²) in [7, 11) is 0. The summed E-state index contributed by atoms with van der Waals surface area (Å²) in [5.41, 5.74) is 5.56. The lowest BCUT2D eigenvalue weighted by Crippen LogP contribution is -1.93. The van der Waals surface area contributed by atoms with Gasteiger partial charge in [-0.15, -0.1) is 0 Å². The average Bonchev–Trinajstić information content (AvgIpc) is 2.32. The minimum absolute atomic E-state index is 0.438. The standard InChI is InChI=1S/C13H14N2O2/c1-2-16-10-6-8-11(9-7-10)17-13-5-3-4-12(14)15-13/h3-9H,2H2,1H3,(H2,14,15). The molecule has 0 spiro atoms. The molecule has 2 aromatic rings. The largest absolute Gasteiger partial charge is 0.494 e. The first-order chi connectivity index (χ1) is 8.28. The smallest absolute Gasteiger partial charge is 0.221 e. The molecule has 4 nitrogen and oxygen atoms in total. The Hall–Kier alpha value is -2.23. The Morgan fingerprint density at radius 2 is 1.76 bits per heavy atom. The maximum atomic E-state index is 5.56. The molecular formula is C13H14N2O2. The van der Waals surface area contributed by atoms with E-state index >= 15 is 0 Å². The molecule has 1 heterocycles. The maximum absolute atomic E-state index is 5.56. The molecule has 2 rings (SSSR count). The Morgan fingerprint density at radius 3 is 2.41 bits per heavy atom. The Bertz CT molecular complexity index is 483. The first-order valence-corrected chi connectivity index (χ1v) is 5.41. The SMILES string of the molecule is CCOc1ccc(Oc2cccc(N)n2)cc1. The molecule has 0 saturated heterocycles. The maximum Gasteiger partial charge on any atom is 0.221 e. The number of pyridine rings is 1. The summed E-state index contributed by atoms with van der Waals surface area (Å²) in [6, 6.07) is 12.6. The van der Waals surface area contributed by atoms with Crippen molar-refractivity contribution in [3.8, 4) is 17.4 Å². The van der Waals surface area contributed by atoms with Crippen LogP contribution >= 0.6 is 0 Å². The van der Waals surface area contributed by atoms with E-state index in [9.17, 15) is 0 Å². The summed E-state index contributed by atoms with van der Waals surface area (Å²) >= 11 is 0. The van der Waals surface area contributed by atoms with Crippen molar-refractivity contribution in [1.82, 2.24) is 4.98 Å². The minimum atomic E-state index is 0.438. The van der Waals surface area contributed by atoms with E-state index in [0.717, 1.165) is 5.75 Å². The van der Waals surface area contributed by atoms with Crippen LogP contribution in [0.5, 0.6) is 17.4 Å². The van der Waals surface area contributed by atoms with Crippen molar-refractivity contribution in [2.45, 2.75) is 6.92 Å². The lowest BCUT2D eigenvalue weighted by atomic mass is 10.3. The van der Waals surface area contributed by atoms with Crippen LogP contribution in [0.15, 0.2) is 42.5 Å². The lowest BCUT2D eigenvalue weighted by molar-refractivity contribution is 0.339. The van der Waals surface area contributed by atoms with Crippen LogP contribution in [0.3, 0.4) is 0 Å². The fourth-order valence-corrected chi connectivity index (χ4v) is 1.38. The number of aromatic nitrogens is 1. The van der Waals surface area contributed by atoms with Gasteiger partial charge in [-0.1, -0.05) is 6.07 Å². The summed E-state index contributed by atoms with van der Waals surface area (Å²) in [5.74, 6) is 2.44. The van der Waals surface area contributed by atoms with E-state index in [1.807, 2.05) is 31.2 Å².